The molecule has 9 nitrogen and oxygen atoms in total. The van der Waals surface area contributed by atoms with Crippen LogP contribution in [0.4, 0.5) is 5.69 Å². The molecule has 1 amide bonds. The summed E-state index contributed by atoms with van der Waals surface area (Å²) >= 11 is 12.0. The standard InChI is InChI=1S/C24H29Cl2N3O6S2/c1-35-23-9-7-19(37(33,34)28-10-2-3-11-28)14-22(23)27-24(30)18-5-4-12-29(15-18)36(31,32)16-17-6-8-20(25)21(26)13-17/h6-9,13-14,18H,2-5,10-12,15-16H2,1H3,(H,27,30)/t18-/m0/s1. The number of carbonyl (C=O) groups excluding carboxylic acids is 1. The average molecular weight is 591 g/mol. The van der Waals surface area contributed by atoms with E-state index in [1.165, 1.54) is 40.0 Å². The van der Waals surface area contributed by atoms with Crippen molar-refractivity contribution in [3.63, 3.8) is 0 Å². The number of sulfonamides is 2. The van der Waals surface area contributed by atoms with Gasteiger partial charge in [-0.05, 0) is 61.6 Å². The van der Waals surface area contributed by atoms with Crippen LogP contribution in [0.1, 0.15) is 31.2 Å². The summed E-state index contributed by atoms with van der Waals surface area (Å²) in [4.78, 5) is 13.3. The molecule has 2 heterocycles. The van der Waals surface area contributed by atoms with Crippen molar-refractivity contribution in [3.05, 3.63) is 52.0 Å². The van der Waals surface area contributed by atoms with Crippen LogP contribution in [-0.4, -0.2) is 64.6 Å². The van der Waals surface area contributed by atoms with Crippen LogP contribution >= 0.6 is 23.2 Å². The molecule has 2 aromatic carbocycles. The van der Waals surface area contributed by atoms with E-state index in [-0.39, 0.29) is 27.9 Å². The molecule has 0 bridgehead atoms. The lowest BCUT2D eigenvalue weighted by Gasteiger charge is -2.31. The number of benzene rings is 2. The van der Waals surface area contributed by atoms with Crippen molar-refractivity contribution in [1.82, 2.24) is 8.61 Å². The van der Waals surface area contributed by atoms with E-state index in [1.54, 1.807) is 12.1 Å². The van der Waals surface area contributed by atoms with Crippen LogP contribution in [0.3, 0.4) is 0 Å². The normalized spacial score (nSPS) is 19.6. The predicted octanol–water partition coefficient (Wildman–Crippen LogP) is 3.97. The number of nitrogens with zero attached hydrogens (tertiary/aromatic N) is 2. The molecule has 4 rings (SSSR count). The molecule has 0 radical (unpaired) electrons. The molecule has 1 N–H and O–H groups in total. The number of hydrogen-bond donors (Lipinski definition) is 1. The van der Waals surface area contributed by atoms with Crippen LogP contribution in [0.2, 0.25) is 10.0 Å². The van der Waals surface area contributed by atoms with Gasteiger partial charge in [-0.2, -0.15) is 4.31 Å². The minimum Gasteiger partial charge on any atom is -0.495 e. The molecule has 202 valence electrons. The zero-order valence-corrected chi connectivity index (χ0v) is 23.5. The summed E-state index contributed by atoms with van der Waals surface area (Å²) in [6, 6.07) is 9.03. The van der Waals surface area contributed by atoms with Gasteiger partial charge in [0.05, 0.1) is 39.4 Å². The Morgan fingerprint density at radius 3 is 2.35 bits per heavy atom. The van der Waals surface area contributed by atoms with Crippen molar-refractivity contribution in [3.8, 4) is 5.75 Å². The van der Waals surface area contributed by atoms with Gasteiger partial charge >= 0.3 is 0 Å². The van der Waals surface area contributed by atoms with Crippen LogP contribution < -0.4 is 10.1 Å². The third-order valence-electron chi connectivity index (χ3n) is 6.61. The Labute approximate surface area is 227 Å². The van der Waals surface area contributed by atoms with E-state index >= 15 is 0 Å². The van der Waals surface area contributed by atoms with E-state index in [2.05, 4.69) is 5.32 Å². The topological polar surface area (TPSA) is 113 Å². The van der Waals surface area contributed by atoms with Gasteiger partial charge in [0.1, 0.15) is 5.75 Å². The molecule has 2 aromatic rings. The number of rotatable bonds is 8. The van der Waals surface area contributed by atoms with Crippen molar-refractivity contribution in [2.75, 3.05) is 38.6 Å². The van der Waals surface area contributed by atoms with Crippen molar-refractivity contribution < 1.29 is 26.4 Å². The summed E-state index contributed by atoms with van der Waals surface area (Å²) in [7, 11) is -5.97. The minimum atomic E-state index is -3.71. The smallest absolute Gasteiger partial charge is 0.243 e. The predicted molar refractivity (Wildman–Crippen MR) is 143 cm³/mol. The van der Waals surface area contributed by atoms with Gasteiger partial charge in [-0.1, -0.05) is 29.3 Å². The maximum Gasteiger partial charge on any atom is 0.243 e. The molecule has 1 atom stereocenters. The number of carbonyl (C=O) groups is 1. The third-order valence-corrected chi connectivity index (χ3v) is 11.1. The van der Waals surface area contributed by atoms with Crippen LogP contribution in [0.25, 0.3) is 0 Å². The molecule has 0 aliphatic carbocycles. The molecule has 2 aliphatic rings. The first kappa shape index (κ1) is 28.1. The summed E-state index contributed by atoms with van der Waals surface area (Å²) < 4.78 is 60.3. The lowest BCUT2D eigenvalue weighted by molar-refractivity contribution is -0.120. The Kier molecular flexibility index (Phi) is 8.72. The third kappa shape index (κ3) is 6.40. The summed E-state index contributed by atoms with van der Waals surface area (Å²) in [6.45, 7) is 1.25. The Morgan fingerprint density at radius 2 is 1.68 bits per heavy atom. The fourth-order valence-corrected chi connectivity index (χ4v) is 8.06. The molecule has 13 heteroatoms. The lowest BCUT2D eigenvalue weighted by Crippen LogP contribution is -2.44. The number of halogens is 2. The van der Waals surface area contributed by atoms with E-state index in [4.69, 9.17) is 27.9 Å². The van der Waals surface area contributed by atoms with E-state index < -0.39 is 31.9 Å². The first-order valence-corrected chi connectivity index (χ1v) is 15.7. The Bertz CT molecular complexity index is 1380. The molecule has 2 saturated heterocycles. The maximum atomic E-state index is 13.2. The highest BCUT2D eigenvalue weighted by atomic mass is 35.5. The van der Waals surface area contributed by atoms with Gasteiger partial charge in [0.25, 0.3) is 0 Å². The number of anilines is 1. The molecule has 0 spiro atoms. The molecule has 2 fully saturated rings. The summed E-state index contributed by atoms with van der Waals surface area (Å²) in [5.41, 5.74) is 0.727. The molecule has 0 aromatic heterocycles. The van der Waals surface area contributed by atoms with E-state index in [1.807, 2.05) is 0 Å². The quantitative estimate of drug-likeness (QED) is 0.498. The fourth-order valence-electron chi connectivity index (χ4n) is 4.60. The number of hydrogen-bond acceptors (Lipinski definition) is 6. The summed E-state index contributed by atoms with van der Waals surface area (Å²) in [5.74, 6) is -0.958. The van der Waals surface area contributed by atoms with Gasteiger partial charge < -0.3 is 10.1 Å². The lowest BCUT2D eigenvalue weighted by atomic mass is 9.98. The Balaban J connectivity index is 1.48. The molecule has 37 heavy (non-hydrogen) atoms. The van der Waals surface area contributed by atoms with Gasteiger partial charge in [-0.15, -0.1) is 0 Å². The van der Waals surface area contributed by atoms with Gasteiger partial charge in [0.15, 0.2) is 0 Å². The van der Waals surface area contributed by atoms with Crippen molar-refractivity contribution in [2.24, 2.45) is 5.92 Å². The zero-order valence-electron chi connectivity index (χ0n) is 20.3. The molecular weight excluding hydrogens is 561 g/mol. The maximum absolute atomic E-state index is 13.2. The Hall–Kier alpha value is -1.89. The van der Waals surface area contributed by atoms with Gasteiger partial charge in [0, 0.05) is 26.2 Å². The number of methoxy groups -OCH3 is 1. The SMILES string of the molecule is COc1ccc(S(=O)(=O)N2CCCC2)cc1NC(=O)[C@H]1CCCN(S(=O)(=O)Cc2ccc(Cl)c(Cl)c2)C1. The average Bonchev–Trinajstić information content (AvgIpc) is 3.42. The van der Waals surface area contributed by atoms with Crippen LogP contribution in [-0.2, 0) is 30.6 Å². The monoisotopic (exact) mass is 589 g/mol. The largest absolute Gasteiger partial charge is 0.495 e. The second-order valence-electron chi connectivity index (χ2n) is 9.16. The fraction of sp³-hybridized carbons (Fsp3) is 0.458. The Morgan fingerprint density at radius 1 is 0.973 bits per heavy atom. The van der Waals surface area contributed by atoms with Gasteiger partial charge in [-0.3, -0.25) is 4.79 Å². The first-order chi connectivity index (χ1) is 17.5. The molecular formula is C24H29Cl2N3O6S2. The van der Waals surface area contributed by atoms with E-state index in [9.17, 15) is 21.6 Å². The first-order valence-electron chi connectivity index (χ1n) is 11.9. The second-order valence-corrected chi connectivity index (χ2v) is 13.9. The van der Waals surface area contributed by atoms with E-state index in [0.717, 1.165) is 12.8 Å². The molecule has 0 saturated carbocycles. The summed E-state index contributed by atoms with van der Waals surface area (Å²) in [5, 5.41) is 3.38. The highest BCUT2D eigenvalue weighted by Crippen LogP contribution is 2.32. The van der Waals surface area contributed by atoms with Crippen molar-refractivity contribution in [2.45, 2.75) is 36.3 Å². The highest BCUT2D eigenvalue weighted by molar-refractivity contribution is 7.89. The number of amides is 1. The van der Waals surface area contributed by atoms with Crippen molar-refractivity contribution in [1.29, 1.82) is 0 Å². The number of piperidine rings is 1. The van der Waals surface area contributed by atoms with Crippen LogP contribution in [0.15, 0.2) is 41.3 Å². The van der Waals surface area contributed by atoms with E-state index in [0.29, 0.717) is 48.8 Å². The number of nitrogens with one attached hydrogen (secondary N) is 1. The van der Waals surface area contributed by atoms with Crippen molar-refractivity contribution >= 4 is 54.8 Å². The van der Waals surface area contributed by atoms with Crippen LogP contribution in [0, 0.1) is 5.92 Å². The van der Waals surface area contributed by atoms with Crippen LogP contribution in [0.5, 0.6) is 5.75 Å². The molecule has 0 unspecified atom stereocenters. The number of ether oxygens (including phenoxy) is 1. The summed E-state index contributed by atoms with van der Waals surface area (Å²) in [6.07, 6.45) is 2.63. The van der Waals surface area contributed by atoms with Gasteiger partial charge in [-0.25, -0.2) is 21.1 Å². The van der Waals surface area contributed by atoms with Gasteiger partial charge in [0.2, 0.25) is 26.0 Å². The second kappa shape index (κ2) is 11.5. The highest BCUT2D eigenvalue weighted by Gasteiger charge is 2.33. The zero-order chi connectivity index (χ0) is 26.8. The molecule has 2 aliphatic heterocycles. The minimum absolute atomic E-state index is 0.0174.